The van der Waals surface area contributed by atoms with Crippen molar-refractivity contribution in [1.82, 2.24) is 10.2 Å². The van der Waals surface area contributed by atoms with Crippen LogP contribution in [0, 0.1) is 5.41 Å². The Morgan fingerprint density at radius 3 is 2.26 bits per heavy atom. The van der Waals surface area contributed by atoms with Gasteiger partial charge >= 0.3 is 0 Å². The minimum absolute atomic E-state index is 0.0805. The number of amides is 2. The average Bonchev–Trinajstić information content (AvgIpc) is 2.36. The molecule has 0 aliphatic carbocycles. The lowest BCUT2D eigenvalue weighted by atomic mass is 9.93. The summed E-state index contributed by atoms with van der Waals surface area (Å²) in [5.41, 5.74) is 5.36. The molecule has 110 valence electrons. The van der Waals surface area contributed by atoms with Crippen molar-refractivity contribution in [3.05, 3.63) is 0 Å². The third-order valence-electron chi connectivity index (χ3n) is 3.55. The molecule has 1 atom stereocenters. The van der Waals surface area contributed by atoms with E-state index >= 15 is 0 Å². The summed E-state index contributed by atoms with van der Waals surface area (Å²) in [6, 6.07) is -0.275. The van der Waals surface area contributed by atoms with Gasteiger partial charge in [0.05, 0.1) is 6.04 Å². The molecule has 1 fully saturated rings. The first-order valence-electron chi connectivity index (χ1n) is 7.11. The topological polar surface area (TPSA) is 75.4 Å². The molecule has 0 radical (unpaired) electrons. The predicted octanol–water partition coefficient (Wildman–Crippen LogP) is 0.877. The standard InChI is InChI=1S/C14H27N3O2/c1-5-11(15)12(18)16-10-6-8-17(9-7-10)13(19)14(2,3)4/h10-11H,5-9,15H2,1-4H3,(H,16,18)/t11-/m0/s1. The molecule has 0 saturated carbocycles. The number of carbonyl (C=O) groups is 2. The fraction of sp³-hybridized carbons (Fsp3) is 0.857. The molecule has 1 heterocycles. The van der Waals surface area contributed by atoms with Gasteiger partial charge in [-0.2, -0.15) is 0 Å². The smallest absolute Gasteiger partial charge is 0.237 e. The Balaban J connectivity index is 2.41. The molecule has 1 aliphatic rings. The molecule has 5 nitrogen and oxygen atoms in total. The van der Waals surface area contributed by atoms with Gasteiger partial charge in [-0.3, -0.25) is 9.59 Å². The number of piperidine rings is 1. The van der Waals surface area contributed by atoms with Crippen LogP contribution in [0.4, 0.5) is 0 Å². The molecule has 1 aliphatic heterocycles. The second kappa shape index (κ2) is 6.37. The van der Waals surface area contributed by atoms with E-state index in [4.69, 9.17) is 5.73 Å². The van der Waals surface area contributed by atoms with E-state index in [1.165, 1.54) is 0 Å². The largest absolute Gasteiger partial charge is 0.352 e. The Labute approximate surface area is 115 Å². The fourth-order valence-electron chi connectivity index (χ4n) is 2.19. The van der Waals surface area contributed by atoms with Crippen molar-refractivity contribution in [1.29, 1.82) is 0 Å². The second-order valence-electron chi connectivity index (χ2n) is 6.34. The summed E-state index contributed by atoms with van der Waals surface area (Å²) in [6.07, 6.45) is 2.27. The molecule has 0 aromatic rings. The first kappa shape index (κ1) is 16.0. The van der Waals surface area contributed by atoms with Crippen LogP contribution in [0.25, 0.3) is 0 Å². The first-order valence-corrected chi connectivity index (χ1v) is 7.11. The van der Waals surface area contributed by atoms with Crippen LogP contribution in [0.15, 0.2) is 0 Å². The van der Waals surface area contributed by atoms with E-state index in [-0.39, 0.29) is 23.3 Å². The molecule has 2 amide bonds. The molecule has 0 aromatic carbocycles. The minimum atomic E-state index is -0.422. The number of likely N-dealkylation sites (tertiary alicyclic amines) is 1. The van der Waals surface area contributed by atoms with Crippen LogP contribution in [0.1, 0.15) is 47.0 Å². The predicted molar refractivity (Wildman–Crippen MR) is 75.5 cm³/mol. The SMILES string of the molecule is CC[C@H](N)C(=O)NC1CCN(C(=O)C(C)(C)C)CC1. The maximum absolute atomic E-state index is 12.1. The molecular weight excluding hydrogens is 242 g/mol. The summed E-state index contributed by atoms with van der Waals surface area (Å²) < 4.78 is 0. The van der Waals surface area contributed by atoms with Crippen molar-refractivity contribution in [3.63, 3.8) is 0 Å². The van der Waals surface area contributed by atoms with Crippen molar-refractivity contribution in [2.75, 3.05) is 13.1 Å². The van der Waals surface area contributed by atoms with Gasteiger partial charge in [0.15, 0.2) is 0 Å². The number of carbonyl (C=O) groups excluding carboxylic acids is 2. The molecule has 0 bridgehead atoms. The average molecular weight is 269 g/mol. The first-order chi connectivity index (χ1) is 8.75. The lowest BCUT2D eigenvalue weighted by molar-refractivity contribution is -0.140. The van der Waals surface area contributed by atoms with Gasteiger partial charge < -0.3 is 16.0 Å². The quantitative estimate of drug-likeness (QED) is 0.798. The lowest BCUT2D eigenvalue weighted by Crippen LogP contribution is -2.51. The highest BCUT2D eigenvalue weighted by molar-refractivity contribution is 5.82. The van der Waals surface area contributed by atoms with Crippen molar-refractivity contribution < 1.29 is 9.59 Å². The van der Waals surface area contributed by atoms with Crippen LogP contribution in [-0.2, 0) is 9.59 Å². The maximum Gasteiger partial charge on any atom is 0.237 e. The molecule has 3 N–H and O–H groups in total. The summed E-state index contributed by atoms with van der Waals surface area (Å²) in [4.78, 5) is 25.7. The van der Waals surface area contributed by atoms with E-state index < -0.39 is 6.04 Å². The third kappa shape index (κ3) is 4.49. The van der Waals surface area contributed by atoms with Gasteiger partial charge in [-0.25, -0.2) is 0 Å². The Hall–Kier alpha value is -1.10. The Morgan fingerprint density at radius 2 is 1.84 bits per heavy atom. The van der Waals surface area contributed by atoms with Gasteiger partial charge in [0.25, 0.3) is 0 Å². The van der Waals surface area contributed by atoms with Crippen molar-refractivity contribution >= 4 is 11.8 Å². The van der Waals surface area contributed by atoms with Gasteiger partial charge in [0.1, 0.15) is 0 Å². The van der Waals surface area contributed by atoms with Gasteiger partial charge in [0, 0.05) is 24.5 Å². The zero-order valence-corrected chi connectivity index (χ0v) is 12.5. The van der Waals surface area contributed by atoms with Crippen LogP contribution in [0.2, 0.25) is 0 Å². The van der Waals surface area contributed by atoms with Crippen LogP contribution in [0.3, 0.4) is 0 Å². The lowest BCUT2D eigenvalue weighted by Gasteiger charge is -2.36. The molecule has 5 heteroatoms. The van der Waals surface area contributed by atoms with E-state index in [1.807, 2.05) is 32.6 Å². The van der Waals surface area contributed by atoms with Gasteiger partial charge in [-0.1, -0.05) is 27.7 Å². The highest BCUT2D eigenvalue weighted by atomic mass is 16.2. The van der Waals surface area contributed by atoms with Crippen molar-refractivity contribution in [2.45, 2.75) is 59.0 Å². The Morgan fingerprint density at radius 1 is 1.32 bits per heavy atom. The molecule has 1 saturated heterocycles. The number of nitrogens with one attached hydrogen (secondary N) is 1. The number of hydrogen-bond acceptors (Lipinski definition) is 3. The third-order valence-corrected chi connectivity index (χ3v) is 3.55. The maximum atomic E-state index is 12.1. The molecule has 0 spiro atoms. The molecular formula is C14H27N3O2. The second-order valence-corrected chi connectivity index (χ2v) is 6.34. The minimum Gasteiger partial charge on any atom is -0.352 e. The van der Waals surface area contributed by atoms with Crippen molar-refractivity contribution in [2.24, 2.45) is 11.1 Å². The summed E-state index contributed by atoms with van der Waals surface area (Å²) >= 11 is 0. The normalized spacial score (nSPS) is 19.1. The van der Waals surface area contributed by atoms with Gasteiger partial charge in [-0.15, -0.1) is 0 Å². The van der Waals surface area contributed by atoms with E-state index in [1.54, 1.807) is 0 Å². The summed E-state index contributed by atoms with van der Waals surface area (Å²) in [5, 5.41) is 2.97. The number of rotatable bonds is 3. The van der Waals surface area contributed by atoms with Gasteiger partial charge in [-0.05, 0) is 19.3 Å². The van der Waals surface area contributed by atoms with E-state index in [0.29, 0.717) is 19.5 Å². The monoisotopic (exact) mass is 269 g/mol. The van der Waals surface area contributed by atoms with Crippen LogP contribution >= 0.6 is 0 Å². The summed E-state index contributed by atoms with van der Waals surface area (Å²) in [7, 11) is 0. The number of nitrogens with two attached hydrogens (primary N) is 1. The number of nitrogens with zero attached hydrogens (tertiary/aromatic N) is 1. The highest BCUT2D eigenvalue weighted by Crippen LogP contribution is 2.20. The van der Waals surface area contributed by atoms with Crippen LogP contribution in [-0.4, -0.2) is 41.9 Å². The fourth-order valence-corrected chi connectivity index (χ4v) is 2.19. The molecule has 0 aromatic heterocycles. The highest BCUT2D eigenvalue weighted by Gasteiger charge is 2.30. The van der Waals surface area contributed by atoms with E-state index in [2.05, 4.69) is 5.32 Å². The molecule has 19 heavy (non-hydrogen) atoms. The Kier molecular flexibility index (Phi) is 5.35. The van der Waals surface area contributed by atoms with Gasteiger partial charge in [0.2, 0.25) is 11.8 Å². The van der Waals surface area contributed by atoms with Crippen molar-refractivity contribution in [3.8, 4) is 0 Å². The molecule has 0 unspecified atom stereocenters. The summed E-state index contributed by atoms with van der Waals surface area (Å²) in [5.74, 6) is 0.102. The number of hydrogen-bond donors (Lipinski definition) is 2. The van der Waals surface area contributed by atoms with E-state index in [0.717, 1.165) is 12.8 Å². The van der Waals surface area contributed by atoms with Crippen LogP contribution in [0.5, 0.6) is 0 Å². The Bertz CT molecular complexity index is 328. The molecule has 1 rings (SSSR count). The van der Waals surface area contributed by atoms with Crippen LogP contribution < -0.4 is 11.1 Å². The summed E-state index contributed by atoms with van der Waals surface area (Å²) in [6.45, 7) is 9.12. The zero-order chi connectivity index (χ0) is 14.6. The zero-order valence-electron chi connectivity index (χ0n) is 12.5. The van der Waals surface area contributed by atoms with E-state index in [9.17, 15) is 9.59 Å².